The van der Waals surface area contributed by atoms with E-state index in [1.54, 1.807) is 0 Å². The van der Waals surface area contributed by atoms with Gasteiger partial charge in [0.15, 0.2) is 5.69 Å². The number of aromatic nitrogens is 1. The quantitative estimate of drug-likeness (QED) is 0.468. The highest BCUT2D eigenvalue weighted by molar-refractivity contribution is 7.09. The van der Waals surface area contributed by atoms with Crippen LogP contribution in [0.3, 0.4) is 0 Å². The van der Waals surface area contributed by atoms with Crippen LogP contribution in [0.25, 0.3) is 0 Å². The lowest BCUT2D eigenvalue weighted by molar-refractivity contribution is -0.120. The fraction of sp³-hybridized carbons (Fsp3) is 0.300. The predicted molar refractivity (Wildman–Crippen MR) is 71.3 cm³/mol. The van der Waals surface area contributed by atoms with Gasteiger partial charge in [-0.15, -0.1) is 11.3 Å². The predicted octanol–water partition coefficient (Wildman–Crippen LogP) is -1.68. The highest BCUT2D eigenvalue weighted by atomic mass is 32.1. The van der Waals surface area contributed by atoms with E-state index >= 15 is 0 Å². The molecule has 0 aliphatic heterocycles. The first kappa shape index (κ1) is 16.4. The summed E-state index contributed by atoms with van der Waals surface area (Å²) in [5.41, 5.74) is 9.80. The van der Waals surface area contributed by atoms with Crippen molar-refractivity contribution in [1.82, 2.24) is 15.2 Å². The van der Waals surface area contributed by atoms with Crippen LogP contribution in [0.5, 0.6) is 0 Å². The molecule has 0 aliphatic rings. The van der Waals surface area contributed by atoms with Crippen LogP contribution >= 0.6 is 11.3 Å². The summed E-state index contributed by atoms with van der Waals surface area (Å²) in [7, 11) is 0. The number of hydrogen-bond donors (Lipinski definition) is 4. The van der Waals surface area contributed by atoms with Crippen molar-refractivity contribution in [3.63, 3.8) is 0 Å². The Bertz CT molecular complexity index is 556. The van der Waals surface area contributed by atoms with Crippen LogP contribution in [0.2, 0.25) is 0 Å². The van der Waals surface area contributed by atoms with Crippen molar-refractivity contribution in [2.45, 2.75) is 6.54 Å². The Morgan fingerprint density at radius 3 is 2.24 bits per heavy atom. The Balaban J connectivity index is 2.61. The number of urea groups is 1. The summed E-state index contributed by atoms with van der Waals surface area (Å²) in [5, 5.41) is 12.8. The van der Waals surface area contributed by atoms with Gasteiger partial charge >= 0.3 is 12.0 Å². The highest BCUT2D eigenvalue weighted by Crippen LogP contribution is 2.09. The number of nitrogens with two attached hydrogens (primary N) is 2. The van der Waals surface area contributed by atoms with Crippen LogP contribution < -0.4 is 16.8 Å². The zero-order chi connectivity index (χ0) is 16.0. The maximum Gasteiger partial charge on any atom is 0.355 e. The molecule has 0 saturated heterocycles. The van der Waals surface area contributed by atoms with Crippen LogP contribution in [0.15, 0.2) is 5.38 Å². The van der Waals surface area contributed by atoms with E-state index in [1.165, 1.54) is 5.38 Å². The number of carbonyl (C=O) groups is 4. The zero-order valence-corrected chi connectivity index (χ0v) is 11.6. The van der Waals surface area contributed by atoms with Crippen molar-refractivity contribution in [3.05, 3.63) is 16.1 Å². The molecule has 0 spiro atoms. The third kappa shape index (κ3) is 5.44. The van der Waals surface area contributed by atoms with Crippen LogP contribution in [0, 0.1) is 0 Å². The lowest BCUT2D eigenvalue weighted by Crippen LogP contribution is -2.47. The van der Waals surface area contributed by atoms with Gasteiger partial charge in [0, 0.05) is 5.38 Å². The van der Waals surface area contributed by atoms with Gasteiger partial charge < -0.3 is 26.8 Å². The van der Waals surface area contributed by atoms with Gasteiger partial charge in [0.1, 0.15) is 18.1 Å². The van der Waals surface area contributed by atoms with Gasteiger partial charge in [0.25, 0.3) is 0 Å². The van der Waals surface area contributed by atoms with Gasteiger partial charge in [0.05, 0.1) is 6.54 Å². The molecule has 1 aromatic heterocycles. The molecule has 0 aromatic carbocycles. The number of primary amides is 2. The molecule has 0 radical (unpaired) electrons. The second-order valence-electron chi connectivity index (χ2n) is 3.88. The van der Waals surface area contributed by atoms with Crippen molar-refractivity contribution in [2.24, 2.45) is 11.5 Å². The SMILES string of the molecule is NC(=O)CN(CC(N)=O)C(=O)NCc1nc(C(=O)O)cs1. The average Bonchev–Trinajstić information content (AvgIpc) is 2.82. The molecule has 0 fully saturated rings. The number of carboxylic acid groups (broad SMARTS) is 1. The summed E-state index contributed by atoms with van der Waals surface area (Å²) in [6.45, 7) is -0.981. The molecule has 114 valence electrons. The van der Waals surface area contributed by atoms with Gasteiger partial charge in [-0.3, -0.25) is 9.59 Å². The van der Waals surface area contributed by atoms with Crippen molar-refractivity contribution in [3.8, 4) is 0 Å². The van der Waals surface area contributed by atoms with Crippen LogP contribution in [0.1, 0.15) is 15.5 Å². The standard InChI is InChI=1S/C10H13N5O5S/c11-6(16)2-15(3-7(12)17)10(20)13-1-8-14-5(4-21-8)9(18)19/h4H,1-3H2,(H2,11,16)(H2,12,17)(H,13,20)(H,18,19). The fourth-order valence-electron chi connectivity index (χ4n) is 1.33. The maximum atomic E-state index is 11.8. The van der Waals surface area contributed by atoms with E-state index in [0.29, 0.717) is 5.01 Å². The number of nitrogens with zero attached hydrogens (tertiary/aromatic N) is 2. The summed E-state index contributed by atoms with van der Waals surface area (Å²) in [6.07, 6.45) is 0. The first-order chi connectivity index (χ1) is 9.79. The summed E-state index contributed by atoms with van der Waals surface area (Å²) in [6, 6.07) is -0.736. The summed E-state index contributed by atoms with van der Waals surface area (Å²) in [4.78, 5) is 48.7. The van der Waals surface area contributed by atoms with Gasteiger partial charge in [-0.1, -0.05) is 0 Å². The number of nitrogens with one attached hydrogen (secondary N) is 1. The Hall–Kier alpha value is -2.69. The minimum atomic E-state index is -1.17. The van der Waals surface area contributed by atoms with E-state index in [-0.39, 0.29) is 12.2 Å². The number of thiazole rings is 1. The number of carbonyl (C=O) groups excluding carboxylic acids is 3. The molecule has 0 saturated carbocycles. The van der Waals surface area contributed by atoms with Crippen LogP contribution in [-0.4, -0.2) is 51.9 Å². The molecule has 0 unspecified atom stereocenters. The van der Waals surface area contributed by atoms with E-state index < -0.39 is 36.9 Å². The minimum Gasteiger partial charge on any atom is -0.476 e. The van der Waals surface area contributed by atoms with Crippen molar-refractivity contribution >= 4 is 35.2 Å². The molecule has 1 rings (SSSR count). The van der Waals surface area contributed by atoms with Gasteiger partial charge in [-0.25, -0.2) is 14.6 Å². The number of carboxylic acids is 1. The van der Waals surface area contributed by atoms with E-state index in [1.807, 2.05) is 0 Å². The van der Waals surface area contributed by atoms with E-state index in [2.05, 4.69) is 10.3 Å². The lowest BCUT2D eigenvalue weighted by atomic mass is 10.4. The molecule has 1 heterocycles. The van der Waals surface area contributed by atoms with Crippen LogP contribution in [-0.2, 0) is 16.1 Å². The summed E-state index contributed by atoms with van der Waals surface area (Å²) < 4.78 is 0. The highest BCUT2D eigenvalue weighted by Gasteiger charge is 2.18. The molecule has 0 aliphatic carbocycles. The largest absolute Gasteiger partial charge is 0.476 e. The molecule has 21 heavy (non-hydrogen) atoms. The second kappa shape index (κ2) is 7.19. The molecule has 1 aromatic rings. The molecule has 6 N–H and O–H groups in total. The monoisotopic (exact) mass is 315 g/mol. The molecule has 10 nitrogen and oxygen atoms in total. The third-order valence-electron chi connectivity index (χ3n) is 2.14. The van der Waals surface area contributed by atoms with Gasteiger partial charge in [0.2, 0.25) is 11.8 Å². The molecule has 11 heteroatoms. The number of amides is 4. The second-order valence-corrected chi connectivity index (χ2v) is 4.82. The Labute approximate surface area is 122 Å². The molecular weight excluding hydrogens is 302 g/mol. The molecule has 4 amide bonds. The fourth-order valence-corrected chi connectivity index (χ4v) is 2.04. The Kier molecular flexibility index (Phi) is 5.60. The normalized spacial score (nSPS) is 9.90. The number of aromatic carboxylic acids is 1. The maximum absolute atomic E-state index is 11.8. The first-order valence-electron chi connectivity index (χ1n) is 5.56. The summed E-state index contributed by atoms with van der Waals surface area (Å²) >= 11 is 1.05. The number of rotatable bonds is 7. The summed E-state index contributed by atoms with van der Waals surface area (Å²) in [5.74, 6) is -2.77. The number of hydrogen-bond acceptors (Lipinski definition) is 6. The van der Waals surface area contributed by atoms with Crippen LogP contribution in [0.4, 0.5) is 4.79 Å². The van der Waals surface area contributed by atoms with Crippen molar-refractivity contribution in [2.75, 3.05) is 13.1 Å². The topological polar surface area (TPSA) is 169 Å². The Morgan fingerprint density at radius 1 is 1.24 bits per heavy atom. The molecule has 0 atom stereocenters. The smallest absolute Gasteiger partial charge is 0.355 e. The van der Waals surface area contributed by atoms with Gasteiger partial charge in [-0.2, -0.15) is 0 Å². The molecule has 0 bridgehead atoms. The third-order valence-corrected chi connectivity index (χ3v) is 2.99. The zero-order valence-electron chi connectivity index (χ0n) is 10.7. The minimum absolute atomic E-state index is 0.0508. The average molecular weight is 315 g/mol. The van der Waals surface area contributed by atoms with Crippen molar-refractivity contribution in [1.29, 1.82) is 0 Å². The molecular formula is C10H13N5O5S. The van der Waals surface area contributed by atoms with E-state index in [4.69, 9.17) is 16.6 Å². The Morgan fingerprint density at radius 2 is 1.81 bits per heavy atom. The first-order valence-corrected chi connectivity index (χ1v) is 6.44. The van der Waals surface area contributed by atoms with E-state index in [0.717, 1.165) is 16.2 Å². The van der Waals surface area contributed by atoms with E-state index in [9.17, 15) is 19.2 Å². The van der Waals surface area contributed by atoms with Gasteiger partial charge in [-0.05, 0) is 0 Å². The lowest BCUT2D eigenvalue weighted by Gasteiger charge is -2.19. The van der Waals surface area contributed by atoms with Crippen molar-refractivity contribution < 1.29 is 24.3 Å².